The van der Waals surface area contributed by atoms with E-state index in [-0.39, 0.29) is 0 Å². The van der Waals surface area contributed by atoms with E-state index in [2.05, 4.69) is 5.16 Å². The molecule has 2 nitrogen and oxygen atoms in total. The van der Waals surface area contributed by atoms with Crippen LogP contribution in [-0.4, -0.2) is 10.9 Å². The minimum absolute atomic E-state index is 0.628. The lowest BCUT2D eigenvalue weighted by molar-refractivity contribution is 0.319. The number of rotatable bonds is 2. The first-order valence-corrected chi connectivity index (χ1v) is 4.20. The molecule has 0 amide bonds. The van der Waals surface area contributed by atoms with Crippen LogP contribution in [0.4, 0.5) is 0 Å². The van der Waals surface area contributed by atoms with Crippen LogP contribution in [0.15, 0.2) is 47.1 Å². The Hall–Kier alpha value is -1.57. The molecule has 1 aromatic carbocycles. The molecule has 0 unspecified atom stereocenters. The molecule has 0 aliphatic heterocycles. The molecular weight excluding hydrogens is 162 g/mol. The van der Waals surface area contributed by atoms with E-state index in [0.717, 1.165) is 11.1 Å². The van der Waals surface area contributed by atoms with E-state index in [0.29, 0.717) is 5.71 Å². The maximum atomic E-state index is 8.83. The third kappa shape index (κ3) is 2.18. The summed E-state index contributed by atoms with van der Waals surface area (Å²) in [6, 6.07) is 9.61. The fourth-order valence-electron chi connectivity index (χ4n) is 1.10. The average molecular weight is 175 g/mol. The van der Waals surface area contributed by atoms with E-state index in [1.807, 2.05) is 50.3 Å². The second kappa shape index (κ2) is 4.45. The molecule has 1 N–H and O–H groups in total. The molecule has 0 atom stereocenters. The third-order valence-electron chi connectivity index (χ3n) is 1.95. The lowest BCUT2D eigenvalue weighted by atomic mass is 10.0. The predicted octanol–water partition coefficient (Wildman–Crippen LogP) is 2.83. The summed E-state index contributed by atoms with van der Waals surface area (Å²) in [5.41, 5.74) is 2.53. The van der Waals surface area contributed by atoms with Gasteiger partial charge in [0, 0.05) is 5.56 Å². The Morgan fingerprint density at radius 3 is 2.38 bits per heavy atom. The van der Waals surface area contributed by atoms with Gasteiger partial charge in [0.05, 0.1) is 0 Å². The molecule has 0 bridgehead atoms. The monoisotopic (exact) mass is 175 g/mol. The van der Waals surface area contributed by atoms with Crippen LogP contribution >= 0.6 is 0 Å². The topological polar surface area (TPSA) is 32.6 Å². The van der Waals surface area contributed by atoms with Crippen molar-refractivity contribution in [2.24, 2.45) is 5.16 Å². The summed E-state index contributed by atoms with van der Waals surface area (Å²) >= 11 is 0. The second-order valence-electron chi connectivity index (χ2n) is 2.79. The van der Waals surface area contributed by atoms with Crippen molar-refractivity contribution in [3.63, 3.8) is 0 Å². The molecule has 0 aliphatic carbocycles. The second-order valence-corrected chi connectivity index (χ2v) is 2.79. The van der Waals surface area contributed by atoms with E-state index in [1.54, 1.807) is 0 Å². The Labute approximate surface area is 78.2 Å². The van der Waals surface area contributed by atoms with Crippen LogP contribution < -0.4 is 0 Å². The van der Waals surface area contributed by atoms with Gasteiger partial charge in [-0.1, -0.05) is 41.6 Å². The molecule has 1 rings (SSSR count). The molecule has 2 heteroatoms. The van der Waals surface area contributed by atoms with Crippen molar-refractivity contribution in [3.8, 4) is 0 Å². The van der Waals surface area contributed by atoms with Crippen LogP contribution in [0, 0.1) is 0 Å². The predicted molar refractivity (Wildman–Crippen MR) is 54.2 cm³/mol. The Kier molecular flexibility index (Phi) is 3.26. The van der Waals surface area contributed by atoms with Crippen LogP contribution in [0.2, 0.25) is 0 Å². The zero-order chi connectivity index (χ0) is 9.68. The van der Waals surface area contributed by atoms with E-state index in [1.165, 1.54) is 0 Å². The van der Waals surface area contributed by atoms with Crippen LogP contribution in [0.1, 0.15) is 19.4 Å². The maximum absolute atomic E-state index is 8.83. The summed E-state index contributed by atoms with van der Waals surface area (Å²) in [6.07, 6.45) is 1.92. The number of nitrogens with zero attached hydrogens (tertiary/aromatic N) is 1. The average Bonchev–Trinajstić information content (AvgIpc) is 2.20. The van der Waals surface area contributed by atoms with Gasteiger partial charge in [-0.3, -0.25) is 0 Å². The molecule has 0 saturated carbocycles. The maximum Gasteiger partial charge on any atom is 0.112 e. The Balaban J connectivity index is 3.07. The van der Waals surface area contributed by atoms with Crippen molar-refractivity contribution in [2.45, 2.75) is 13.8 Å². The molecule has 0 saturated heterocycles. The van der Waals surface area contributed by atoms with E-state index < -0.39 is 0 Å². The number of hydrogen-bond donors (Lipinski definition) is 1. The number of hydrogen-bond acceptors (Lipinski definition) is 2. The van der Waals surface area contributed by atoms with Crippen molar-refractivity contribution in [2.75, 3.05) is 0 Å². The first-order valence-electron chi connectivity index (χ1n) is 4.20. The molecule has 0 heterocycles. The summed E-state index contributed by atoms with van der Waals surface area (Å²) in [6.45, 7) is 3.84. The highest BCUT2D eigenvalue weighted by Gasteiger charge is 2.03. The number of oxime groups is 1. The molecule has 0 spiro atoms. The van der Waals surface area contributed by atoms with Gasteiger partial charge < -0.3 is 5.21 Å². The molecule has 13 heavy (non-hydrogen) atoms. The summed E-state index contributed by atoms with van der Waals surface area (Å²) < 4.78 is 0. The zero-order valence-corrected chi connectivity index (χ0v) is 7.86. The molecule has 68 valence electrons. The van der Waals surface area contributed by atoms with Gasteiger partial charge in [0.1, 0.15) is 5.71 Å². The normalized spacial score (nSPS) is 13.1. The van der Waals surface area contributed by atoms with Gasteiger partial charge in [0.2, 0.25) is 0 Å². The van der Waals surface area contributed by atoms with Crippen LogP contribution in [-0.2, 0) is 0 Å². The van der Waals surface area contributed by atoms with Crippen molar-refractivity contribution in [3.05, 3.63) is 47.5 Å². The van der Waals surface area contributed by atoms with Gasteiger partial charge in [-0.15, -0.1) is 0 Å². The van der Waals surface area contributed by atoms with Gasteiger partial charge >= 0.3 is 0 Å². The highest BCUT2D eigenvalue weighted by Crippen LogP contribution is 2.08. The first-order chi connectivity index (χ1) is 6.29. The van der Waals surface area contributed by atoms with E-state index in [4.69, 9.17) is 5.21 Å². The fraction of sp³-hybridized carbons (Fsp3) is 0.182. The Morgan fingerprint density at radius 2 is 1.92 bits per heavy atom. The van der Waals surface area contributed by atoms with E-state index in [9.17, 15) is 0 Å². The molecule has 0 radical (unpaired) electrons. The summed E-state index contributed by atoms with van der Waals surface area (Å²) in [4.78, 5) is 0. The van der Waals surface area contributed by atoms with Gasteiger partial charge in [-0.25, -0.2) is 0 Å². The van der Waals surface area contributed by atoms with E-state index >= 15 is 0 Å². The van der Waals surface area contributed by atoms with Crippen molar-refractivity contribution in [1.82, 2.24) is 0 Å². The lowest BCUT2D eigenvalue weighted by Gasteiger charge is -2.03. The smallest absolute Gasteiger partial charge is 0.112 e. The molecule has 1 aromatic rings. The van der Waals surface area contributed by atoms with Gasteiger partial charge in [-0.05, 0) is 19.4 Å². The van der Waals surface area contributed by atoms with Gasteiger partial charge in [-0.2, -0.15) is 0 Å². The summed E-state index contributed by atoms with van der Waals surface area (Å²) in [5, 5.41) is 12.1. The first kappa shape index (κ1) is 9.52. The quantitative estimate of drug-likeness (QED) is 0.418. The van der Waals surface area contributed by atoms with Gasteiger partial charge in [0.15, 0.2) is 0 Å². The lowest BCUT2D eigenvalue weighted by Crippen LogP contribution is -2.01. The number of benzene rings is 1. The molecule has 0 fully saturated rings. The Morgan fingerprint density at radius 1 is 1.31 bits per heavy atom. The third-order valence-corrected chi connectivity index (χ3v) is 1.95. The molecule has 0 aromatic heterocycles. The van der Waals surface area contributed by atoms with Crippen LogP contribution in [0.3, 0.4) is 0 Å². The van der Waals surface area contributed by atoms with Crippen molar-refractivity contribution in [1.29, 1.82) is 0 Å². The highest BCUT2D eigenvalue weighted by atomic mass is 16.4. The number of allylic oxidation sites excluding steroid dienone is 2. The fourth-order valence-corrected chi connectivity index (χ4v) is 1.10. The minimum atomic E-state index is 0.628. The Bertz CT molecular complexity index is 325. The minimum Gasteiger partial charge on any atom is -0.410 e. The van der Waals surface area contributed by atoms with Crippen LogP contribution in [0.25, 0.3) is 0 Å². The zero-order valence-electron chi connectivity index (χ0n) is 7.86. The van der Waals surface area contributed by atoms with Crippen molar-refractivity contribution < 1.29 is 5.21 Å². The van der Waals surface area contributed by atoms with Crippen LogP contribution in [0.5, 0.6) is 0 Å². The van der Waals surface area contributed by atoms with Gasteiger partial charge in [0.25, 0.3) is 0 Å². The largest absolute Gasteiger partial charge is 0.410 e. The highest BCUT2D eigenvalue weighted by molar-refractivity contribution is 6.11. The SMILES string of the molecule is C/C=C(C)/C(=N/O)c1ccccc1. The summed E-state index contributed by atoms with van der Waals surface area (Å²) in [5.74, 6) is 0. The summed E-state index contributed by atoms with van der Waals surface area (Å²) in [7, 11) is 0. The standard InChI is InChI=1S/C11H13NO/c1-3-9(2)11(12-13)10-7-5-4-6-8-10/h3-8,13H,1-2H3/b9-3+,12-11-. The molecule has 0 aliphatic rings. The molecular formula is C11H13NO. The van der Waals surface area contributed by atoms with Crippen molar-refractivity contribution >= 4 is 5.71 Å².